The number of aromatic hydroxyl groups is 2. The fourth-order valence-electron chi connectivity index (χ4n) is 4.11. The van der Waals surface area contributed by atoms with Gasteiger partial charge in [0, 0.05) is 37.7 Å². The highest BCUT2D eigenvalue weighted by molar-refractivity contribution is 7.98. The minimum absolute atomic E-state index is 0.0537. The molecule has 4 rings (SSSR count). The summed E-state index contributed by atoms with van der Waals surface area (Å²) in [6.45, 7) is 0.327. The summed E-state index contributed by atoms with van der Waals surface area (Å²) >= 11 is 1.31. The van der Waals surface area contributed by atoms with Crippen molar-refractivity contribution in [2.24, 2.45) is 0 Å². The standard InChI is InChI=1S/C24H25N3O5S/c1-25-24(31)32-13-19-16-6-4-3-5-15(16)17-8-7-14(11-18(17)19)26-21(28)9-10-27-22(29)12-20(33-2)23(27)30/h3-8,11-12,19,29-30H,9-10,13H2,1-2H3,(H,25,31)(H,26,28). The Hall–Kier alpha value is -3.59. The molecular weight excluding hydrogens is 442 g/mol. The average Bonchev–Trinajstić information content (AvgIpc) is 3.28. The quantitative estimate of drug-likeness (QED) is 0.389. The fraction of sp³-hybridized carbons (Fsp3) is 0.250. The Balaban J connectivity index is 1.49. The van der Waals surface area contributed by atoms with Crippen LogP contribution in [0.2, 0.25) is 0 Å². The first kappa shape index (κ1) is 22.6. The van der Waals surface area contributed by atoms with E-state index in [1.165, 1.54) is 29.4 Å². The second-order valence-electron chi connectivity index (χ2n) is 7.63. The van der Waals surface area contributed by atoms with E-state index in [-0.39, 0.29) is 43.2 Å². The summed E-state index contributed by atoms with van der Waals surface area (Å²) in [5, 5.41) is 25.5. The van der Waals surface area contributed by atoms with Crippen LogP contribution in [-0.2, 0) is 16.1 Å². The normalized spacial score (nSPS) is 13.8. The van der Waals surface area contributed by atoms with Gasteiger partial charge in [-0.2, -0.15) is 0 Å². The SMILES string of the molecule is CNC(=O)OCC1c2ccccc2-c2ccc(NC(=O)CCn3c(O)cc(SC)c3O)cc21. The van der Waals surface area contributed by atoms with Crippen LogP contribution in [0.5, 0.6) is 11.8 Å². The molecule has 0 aliphatic heterocycles. The molecule has 2 amide bonds. The molecule has 33 heavy (non-hydrogen) atoms. The van der Waals surface area contributed by atoms with Crippen molar-refractivity contribution in [3.05, 3.63) is 59.7 Å². The number of hydrogen-bond donors (Lipinski definition) is 4. The highest BCUT2D eigenvalue weighted by atomic mass is 32.2. The van der Waals surface area contributed by atoms with Crippen LogP contribution in [-0.4, -0.2) is 46.7 Å². The number of benzene rings is 2. The molecule has 172 valence electrons. The van der Waals surface area contributed by atoms with Gasteiger partial charge in [-0.15, -0.1) is 11.8 Å². The maximum absolute atomic E-state index is 12.6. The molecule has 4 N–H and O–H groups in total. The van der Waals surface area contributed by atoms with E-state index in [4.69, 9.17) is 4.74 Å². The molecule has 1 aliphatic rings. The maximum atomic E-state index is 12.6. The molecule has 8 nitrogen and oxygen atoms in total. The largest absolute Gasteiger partial charge is 0.494 e. The number of carbonyl (C=O) groups excluding carboxylic acids is 2. The third-order valence-electron chi connectivity index (χ3n) is 5.72. The lowest BCUT2D eigenvalue weighted by Gasteiger charge is -2.15. The summed E-state index contributed by atoms with van der Waals surface area (Å²) in [6.07, 6.45) is 1.38. The van der Waals surface area contributed by atoms with Crippen molar-refractivity contribution < 1.29 is 24.5 Å². The molecule has 0 bridgehead atoms. The van der Waals surface area contributed by atoms with Crippen LogP contribution in [0.25, 0.3) is 11.1 Å². The Morgan fingerprint density at radius 3 is 2.58 bits per heavy atom. The van der Waals surface area contributed by atoms with E-state index < -0.39 is 6.09 Å². The molecule has 0 saturated carbocycles. The zero-order valence-corrected chi connectivity index (χ0v) is 19.1. The van der Waals surface area contributed by atoms with Crippen molar-refractivity contribution in [1.82, 2.24) is 9.88 Å². The monoisotopic (exact) mass is 467 g/mol. The van der Waals surface area contributed by atoms with Crippen LogP contribution in [0.3, 0.4) is 0 Å². The van der Waals surface area contributed by atoms with Gasteiger partial charge in [-0.05, 0) is 40.6 Å². The Kier molecular flexibility index (Phi) is 6.50. The molecule has 0 saturated heterocycles. The predicted molar refractivity (Wildman–Crippen MR) is 127 cm³/mol. The van der Waals surface area contributed by atoms with Crippen molar-refractivity contribution in [3.63, 3.8) is 0 Å². The minimum Gasteiger partial charge on any atom is -0.494 e. The summed E-state index contributed by atoms with van der Waals surface area (Å²) in [4.78, 5) is 24.8. The molecule has 2 aromatic carbocycles. The summed E-state index contributed by atoms with van der Waals surface area (Å²) in [7, 11) is 1.52. The molecule has 1 atom stereocenters. The Morgan fingerprint density at radius 2 is 1.85 bits per heavy atom. The number of alkyl carbamates (subject to hydrolysis) is 1. The third kappa shape index (κ3) is 4.49. The molecule has 1 heterocycles. The second kappa shape index (κ2) is 9.50. The van der Waals surface area contributed by atoms with Crippen LogP contribution >= 0.6 is 11.8 Å². The number of nitrogens with one attached hydrogen (secondary N) is 2. The molecule has 0 radical (unpaired) electrons. The van der Waals surface area contributed by atoms with Gasteiger partial charge in [0.1, 0.15) is 6.61 Å². The van der Waals surface area contributed by atoms with Gasteiger partial charge in [0.15, 0.2) is 5.88 Å². The first-order valence-corrected chi connectivity index (χ1v) is 11.7. The van der Waals surface area contributed by atoms with Gasteiger partial charge in [0.25, 0.3) is 0 Å². The van der Waals surface area contributed by atoms with Crippen LogP contribution in [0.4, 0.5) is 10.5 Å². The number of aromatic nitrogens is 1. The summed E-state index contributed by atoms with van der Waals surface area (Å²) in [5.74, 6) is -0.521. The van der Waals surface area contributed by atoms with Gasteiger partial charge in [-0.1, -0.05) is 30.3 Å². The number of nitrogens with zero attached hydrogens (tertiary/aromatic N) is 1. The summed E-state index contributed by atoms with van der Waals surface area (Å²) in [6, 6.07) is 15.1. The first-order valence-electron chi connectivity index (χ1n) is 10.5. The van der Waals surface area contributed by atoms with Gasteiger partial charge in [-0.25, -0.2) is 4.79 Å². The number of amides is 2. The average molecular weight is 468 g/mol. The summed E-state index contributed by atoms with van der Waals surface area (Å²) < 4.78 is 6.64. The third-order valence-corrected chi connectivity index (χ3v) is 6.46. The number of hydrogen-bond acceptors (Lipinski definition) is 6. The number of fused-ring (bicyclic) bond motifs is 3. The minimum atomic E-state index is -0.494. The van der Waals surface area contributed by atoms with E-state index in [9.17, 15) is 19.8 Å². The van der Waals surface area contributed by atoms with Crippen LogP contribution in [0.15, 0.2) is 53.4 Å². The lowest BCUT2D eigenvalue weighted by atomic mass is 9.97. The molecule has 9 heteroatoms. The number of carbonyl (C=O) groups is 2. The highest BCUT2D eigenvalue weighted by Gasteiger charge is 2.29. The maximum Gasteiger partial charge on any atom is 0.406 e. The van der Waals surface area contributed by atoms with Gasteiger partial charge >= 0.3 is 6.09 Å². The van der Waals surface area contributed by atoms with E-state index in [0.717, 1.165) is 22.3 Å². The predicted octanol–water partition coefficient (Wildman–Crippen LogP) is 4.12. The van der Waals surface area contributed by atoms with E-state index in [1.807, 2.05) is 42.5 Å². The van der Waals surface area contributed by atoms with Gasteiger partial charge in [0.05, 0.1) is 4.90 Å². The van der Waals surface area contributed by atoms with Crippen LogP contribution in [0, 0.1) is 0 Å². The van der Waals surface area contributed by atoms with Crippen LogP contribution in [0.1, 0.15) is 23.5 Å². The zero-order valence-electron chi connectivity index (χ0n) is 18.3. The smallest absolute Gasteiger partial charge is 0.406 e. The fourth-order valence-corrected chi connectivity index (χ4v) is 4.62. The van der Waals surface area contributed by atoms with E-state index in [1.54, 1.807) is 6.26 Å². The lowest BCUT2D eigenvalue weighted by Crippen LogP contribution is -2.22. The van der Waals surface area contributed by atoms with Crippen molar-refractivity contribution in [3.8, 4) is 22.9 Å². The van der Waals surface area contributed by atoms with E-state index in [0.29, 0.717) is 10.6 Å². The Labute approximate surface area is 195 Å². The molecule has 0 fully saturated rings. The van der Waals surface area contributed by atoms with E-state index in [2.05, 4.69) is 10.6 Å². The van der Waals surface area contributed by atoms with Crippen molar-refractivity contribution in [2.45, 2.75) is 23.8 Å². The van der Waals surface area contributed by atoms with Gasteiger partial charge in [-0.3, -0.25) is 9.36 Å². The number of rotatable bonds is 7. The van der Waals surface area contributed by atoms with E-state index >= 15 is 0 Å². The zero-order chi connectivity index (χ0) is 23.5. The number of ether oxygens (including phenoxy) is 1. The van der Waals surface area contributed by atoms with Crippen LogP contribution < -0.4 is 10.6 Å². The molecular formula is C24H25N3O5S. The topological polar surface area (TPSA) is 113 Å². The second-order valence-corrected chi connectivity index (χ2v) is 8.48. The molecule has 3 aromatic rings. The molecule has 1 aromatic heterocycles. The molecule has 1 unspecified atom stereocenters. The molecule has 0 spiro atoms. The Morgan fingerprint density at radius 1 is 1.09 bits per heavy atom. The van der Waals surface area contributed by atoms with Gasteiger partial charge < -0.3 is 25.6 Å². The lowest BCUT2D eigenvalue weighted by molar-refractivity contribution is -0.116. The first-order chi connectivity index (χ1) is 15.9. The van der Waals surface area contributed by atoms with Crippen molar-refractivity contribution in [2.75, 3.05) is 25.2 Å². The number of thioether (sulfide) groups is 1. The number of anilines is 1. The van der Waals surface area contributed by atoms with Crippen molar-refractivity contribution >= 4 is 29.4 Å². The molecule has 1 aliphatic carbocycles. The Bertz CT molecular complexity index is 1210. The summed E-state index contributed by atoms with van der Waals surface area (Å²) in [5.41, 5.74) is 4.80. The highest BCUT2D eigenvalue weighted by Crippen LogP contribution is 2.45. The van der Waals surface area contributed by atoms with Gasteiger partial charge in [0.2, 0.25) is 11.8 Å². The van der Waals surface area contributed by atoms with Crippen molar-refractivity contribution in [1.29, 1.82) is 0 Å².